The number of amidine groups is 1. The van der Waals surface area contributed by atoms with E-state index in [0.717, 1.165) is 13.2 Å². The highest BCUT2D eigenvalue weighted by Crippen LogP contribution is 2.43. The van der Waals surface area contributed by atoms with Gasteiger partial charge in [-0.1, -0.05) is 17.7 Å². The van der Waals surface area contributed by atoms with Gasteiger partial charge >= 0.3 is 11.9 Å². The highest BCUT2D eigenvalue weighted by molar-refractivity contribution is 7.11. The zero-order chi connectivity index (χ0) is 32.1. The molecular formula is C28H31ClF4N6O4S. The molecule has 2 N–H and O–H groups in total. The van der Waals surface area contributed by atoms with Crippen molar-refractivity contribution >= 4 is 40.7 Å². The average molecular weight is 659 g/mol. The van der Waals surface area contributed by atoms with Gasteiger partial charge in [-0.15, -0.1) is 11.3 Å². The fourth-order valence-electron chi connectivity index (χ4n) is 5.87. The summed E-state index contributed by atoms with van der Waals surface area (Å²) in [7, 11) is 2.81. The first-order chi connectivity index (χ1) is 20.7. The van der Waals surface area contributed by atoms with Crippen LogP contribution in [0.2, 0.25) is 5.02 Å². The molecule has 2 saturated heterocycles. The molecule has 0 amide bonds. The number of nitrogens with zero attached hydrogens (tertiary/aromatic N) is 5. The molecule has 238 valence electrons. The van der Waals surface area contributed by atoms with Crippen molar-refractivity contribution in [3.8, 4) is 0 Å². The minimum Gasteiger partial charge on any atom is -0.481 e. The van der Waals surface area contributed by atoms with E-state index >= 15 is 8.78 Å². The van der Waals surface area contributed by atoms with Crippen LogP contribution in [-0.4, -0.2) is 101 Å². The lowest BCUT2D eigenvalue weighted by molar-refractivity contribution is -0.148. The number of aromatic nitrogens is 1. The van der Waals surface area contributed by atoms with Gasteiger partial charge in [0, 0.05) is 55.6 Å². The third kappa shape index (κ3) is 5.83. The second-order valence-corrected chi connectivity index (χ2v) is 12.9. The number of hydrogen-bond acceptors (Lipinski definition) is 10. The number of carbonyl (C=O) groups excluding carboxylic acids is 1. The number of ether oxygens (including phenoxy) is 1. The van der Waals surface area contributed by atoms with E-state index in [-0.39, 0.29) is 48.7 Å². The van der Waals surface area contributed by atoms with Crippen LogP contribution in [0.4, 0.5) is 17.6 Å². The lowest BCUT2D eigenvalue weighted by Gasteiger charge is -2.33. The van der Waals surface area contributed by atoms with E-state index in [4.69, 9.17) is 16.3 Å². The predicted octanol–water partition coefficient (Wildman–Crippen LogP) is 3.94. The number of likely N-dealkylation sites (N-methyl/N-ethyl adjacent to an activating group) is 1. The van der Waals surface area contributed by atoms with Crippen molar-refractivity contribution in [1.82, 2.24) is 25.2 Å². The SMILES string of the molecule is COC(=O)C1=C(CN2CC(F)(F)[C@@H]3[C@H]2CN(C)N3CCC(C)(C)C(=O)O)NC(c2nccs2)=N[C@H]1c1ccc(F)c(F)c1Cl. The fourth-order valence-corrected chi connectivity index (χ4v) is 6.71. The standard InChI is InChI=1S/C28H31ClF4N6O4S/c1-27(2,26(41)42)7-9-39-22-17(12-37(39)3)38(13-28(22,32)33)11-16-18(25(40)43-4)21(14-5-6-15(30)20(31)19(14)29)36-23(35-16)24-34-8-10-44-24/h5-6,8,10,17,21-22H,7,9,11-13H2,1-4H3,(H,35,36)(H,41,42)/t17-,21+,22+/m1/s1. The molecule has 0 aliphatic carbocycles. The lowest BCUT2D eigenvalue weighted by atomic mass is 9.89. The number of aliphatic imine (C=N–C) groups is 1. The van der Waals surface area contributed by atoms with Gasteiger partial charge in [0.25, 0.3) is 5.92 Å². The number of carbonyl (C=O) groups is 2. The number of hydrogen-bond donors (Lipinski definition) is 2. The number of alkyl halides is 2. The number of esters is 1. The highest BCUT2D eigenvalue weighted by atomic mass is 35.5. The maximum absolute atomic E-state index is 15.7. The molecule has 3 aliphatic rings. The zero-order valence-corrected chi connectivity index (χ0v) is 25.9. The van der Waals surface area contributed by atoms with Crippen molar-refractivity contribution in [2.75, 3.05) is 40.3 Å². The molecule has 2 fully saturated rings. The number of methoxy groups -OCH3 is 1. The molecule has 1 aromatic carbocycles. The van der Waals surface area contributed by atoms with Crippen LogP contribution < -0.4 is 5.32 Å². The van der Waals surface area contributed by atoms with Crippen molar-refractivity contribution < 1.29 is 37.0 Å². The van der Waals surface area contributed by atoms with Gasteiger partial charge in [-0.2, -0.15) is 0 Å². The molecule has 5 rings (SSSR count). The highest BCUT2D eigenvalue weighted by Gasteiger charge is 2.61. The molecule has 0 radical (unpaired) electrons. The average Bonchev–Trinajstić information content (AvgIpc) is 3.67. The number of fused-ring (bicyclic) bond motifs is 1. The predicted molar refractivity (Wildman–Crippen MR) is 154 cm³/mol. The van der Waals surface area contributed by atoms with Crippen molar-refractivity contribution in [2.24, 2.45) is 10.4 Å². The van der Waals surface area contributed by atoms with E-state index in [1.54, 1.807) is 36.2 Å². The molecule has 2 aromatic rings. The Morgan fingerprint density at radius 1 is 1.30 bits per heavy atom. The van der Waals surface area contributed by atoms with Crippen LogP contribution in [0.5, 0.6) is 0 Å². The molecule has 4 heterocycles. The van der Waals surface area contributed by atoms with Crippen molar-refractivity contribution in [1.29, 1.82) is 0 Å². The Labute approximate surface area is 259 Å². The van der Waals surface area contributed by atoms with E-state index in [2.05, 4.69) is 15.3 Å². The van der Waals surface area contributed by atoms with Crippen LogP contribution in [0, 0.1) is 17.0 Å². The number of aliphatic carboxylic acids is 1. The minimum atomic E-state index is -3.18. The van der Waals surface area contributed by atoms with Crippen LogP contribution in [0.15, 0.2) is 40.0 Å². The Bertz CT molecular complexity index is 1520. The third-order valence-corrected chi connectivity index (χ3v) is 9.49. The molecule has 0 spiro atoms. The summed E-state index contributed by atoms with van der Waals surface area (Å²) in [6.45, 7) is 2.61. The third-order valence-electron chi connectivity index (χ3n) is 8.32. The van der Waals surface area contributed by atoms with E-state index in [1.807, 2.05) is 0 Å². The number of benzene rings is 1. The fraction of sp³-hybridized carbons (Fsp3) is 0.500. The number of hydrazine groups is 1. The number of nitrogens with one attached hydrogen (secondary N) is 1. The first-order valence-corrected chi connectivity index (χ1v) is 14.9. The number of thiazole rings is 1. The van der Waals surface area contributed by atoms with E-state index < -0.39 is 64.6 Å². The molecular weight excluding hydrogens is 628 g/mol. The first kappa shape index (κ1) is 32.3. The van der Waals surface area contributed by atoms with Gasteiger partial charge in [0.15, 0.2) is 22.5 Å². The topological polar surface area (TPSA) is 111 Å². The smallest absolute Gasteiger partial charge is 0.338 e. The maximum Gasteiger partial charge on any atom is 0.338 e. The number of likely N-dealkylation sites (tertiary alicyclic amines) is 1. The van der Waals surface area contributed by atoms with Gasteiger partial charge in [0.2, 0.25) is 0 Å². The monoisotopic (exact) mass is 658 g/mol. The number of rotatable bonds is 9. The van der Waals surface area contributed by atoms with Gasteiger partial charge < -0.3 is 15.2 Å². The number of carboxylic acids is 1. The zero-order valence-electron chi connectivity index (χ0n) is 24.3. The summed E-state index contributed by atoms with van der Waals surface area (Å²) < 4.78 is 65.1. The second-order valence-electron chi connectivity index (χ2n) is 11.6. The van der Waals surface area contributed by atoms with Crippen LogP contribution in [0.3, 0.4) is 0 Å². The molecule has 0 unspecified atom stereocenters. The molecule has 44 heavy (non-hydrogen) atoms. The van der Waals surface area contributed by atoms with E-state index in [1.165, 1.54) is 28.6 Å². The molecule has 3 aliphatic heterocycles. The molecule has 10 nitrogen and oxygen atoms in total. The van der Waals surface area contributed by atoms with Crippen molar-refractivity contribution in [3.63, 3.8) is 0 Å². The molecule has 3 atom stereocenters. The summed E-state index contributed by atoms with van der Waals surface area (Å²) in [5.74, 6) is -7.37. The Morgan fingerprint density at radius 3 is 2.66 bits per heavy atom. The molecule has 1 aromatic heterocycles. The van der Waals surface area contributed by atoms with Crippen molar-refractivity contribution in [2.45, 2.75) is 44.3 Å². The Hall–Kier alpha value is -3.11. The molecule has 0 saturated carbocycles. The Kier molecular flexibility index (Phi) is 8.81. The summed E-state index contributed by atoms with van der Waals surface area (Å²) in [5.41, 5.74) is -1.05. The normalized spacial score (nSPS) is 24.3. The van der Waals surface area contributed by atoms with E-state index in [0.29, 0.717) is 5.01 Å². The van der Waals surface area contributed by atoms with Gasteiger partial charge in [-0.25, -0.2) is 37.4 Å². The van der Waals surface area contributed by atoms with Gasteiger partial charge in [0.05, 0.1) is 29.7 Å². The van der Waals surface area contributed by atoms with Crippen molar-refractivity contribution in [3.05, 3.63) is 62.2 Å². The number of halogens is 5. The maximum atomic E-state index is 15.7. The van der Waals surface area contributed by atoms with Crippen LogP contribution in [-0.2, 0) is 14.3 Å². The second kappa shape index (κ2) is 12.0. The molecule has 0 bridgehead atoms. The van der Waals surface area contributed by atoms with Crippen LogP contribution in [0.1, 0.15) is 36.9 Å². The summed E-state index contributed by atoms with van der Waals surface area (Å²) in [4.78, 5) is 35.3. The van der Waals surface area contributed by atoms with E-state index in [9.17, 15) is 23.5 Å². The summed E-state index contributed by atoms with van der Waals surface area (Å²) in [6, 6.07) is -1.12. The Morgan fingerprint density at radius 2 is 2.02 bits per heavy atom. The summed E-state index contributed by atoms with van der Waals surface area (Å²) >= 11 is 7.43. The Balaban J connectivity index is 1.53. The van der Waals surface area contributed by atoms with Gasteiger partial charge in [0.1, 0.15) is 12.1 Å². The first-order valence-electron chi connectivity index (χ1n) is 13.7. The van der Waals surface area contributed by atoms with Gasteiger partial charge in [-0.3, -0.25) is 14.7 Å². The van der Waals surface area contributed by atoms with Gasteiger partial charge in [-0.05, 0) is 26.3 Å². The number of carboxylic acid groups (broad SMARTS) is 1. The molecule has 16 heteroatoms. The van der Waals surface area contributed by atoms with Crippen LogP contribution >= 0.6 is 22.9 Å². The van der Waals surface area contributed by atoms with Crippen LogP contribution in [0.25, 0.3) is 0 Å². The summed E-state index contributed by atoms with van der Waals surface area (Å²) in [6.07, 6.45) is 1.68. The minimum absolute atomic E-state index is 0.0172. The summed E-state index contributed by atoms with van der Waals surface area (Å²) in [5, 5.41) is 17.3. The largest absolute Gasteiger partial charge is 0.481 e. The quantitative estimate of drug-likeness (QED) is 0.235. The lowest BCUT2D eigenvalue weighted by Crippen LogP contribution is -2.49.